The van der Waals surface area contributed by atoms with Gasteiger partial charge >= 0.3 is 0 Å². The number of likely N-dealkylation sites (N-methyl/N-ethyl adjacent to an activating group) is 1. The van der Waals surface area contributed by atoms with Gasteiger partial charge in [-0.3, -0.25) is 9.59 Å². The first-order chi connectivity index (χ1) is 12.9. The number of piperidine rings is 1. The van der Waals surface area contributed by atoms with Gasteiger partial charge in [-0.1, -0.05) is 13.8 Å². The van der Waals surface area contributed by atoms with Crippen molar-refractivity contribution >= 4 is 17.5 Å². The van der Waals surface area contributed by atoms with Crippen LogP contribution in [-0.2, 0) is 10.2 Å². The van der Waals surface area contributed by atoms with Crippen LogP contribution in [0.1, 0.15) is 55.5 Å². The standard InChI is InChI=1S/C22H31N3O2/c1-16(2)15-24-12-8-22(9-13-24)18-14-17(20(26)25-10-4-5-11-25)6-7-19(18)23(3)21(22)27/h6-7,14,16H,4-5,8-13,15H2,1-3H3. The molecular formula is C22H31N3O2. The zero-order valence-corrected chi connectivity index (χ0v) is 16.8. The van der Waals surface area contributed by atoms with Crippen LogP contribution in [0.25, 0.3) is 0 Å². The average molecular weight is 370 g/mol. The van der Waals surface area contributed by atoms with Crippen LogP contribution in [0.3, 0.4) is 0 Å². The molecule has 146 valence electrons. The van der Waals surface area contributed by atoms with Crippen molar-refractivity contribution < 1.29 is 9.59 Å². The highest BCUT2D eigenvalue weighted by molar-refractivity contribution is 6.09. The summed E-state index contributed by atoms with van der Waals surface area (Å²) in [5.74, 6) is 0.954. The van der Waals surface area contributed by atoms with Crippen LogP contribution in [-0.4, -0.2) is 61.4 Å². The fourth-order valence-corrected chi connectivity index (χ4v) is 5.11. The van der Waals surface area contributed by atoms with Gasteiger partial charge in [0.05, 0.1) is 5.41 Å². The minimum absolute atomic E-state index is 0.115. The lowest BCUT2D eigenvalue weighted by Gasteiger charge is -2.39. The average Bonchev–Trinajstić information content (AvgIpc) is 3.26. The third-order valence-electron chi connectivity index (χ3n) is 6.56. The van der Waals surface area contributed by atoms with E-state index in [9.17, 15) is 9.59 Å². The first kappa shape index (κ1) is 18.5. The second kappa shape index (κ2) is 6.93. The maximum atomic E-state index is 13.2. The van der Waals surface area contributed by atoms with Gasteiger partial charge in [-0.2, -0.15) is 0 Å². The zero-order valence-electron chi connectivity index (χ0n) is 16.8. The molecule has 2 saturated heterocycles. The second-order valence-electron chi connectivity index (χ2n) is 8.87. The van der Waals surface area contributed by atoms with Gasteiger partial charge in [0.15, 0.2) is 0 Å². The van der Waals surface area contributed by atoms with Crippen LogP contribution in [0.2, 0.25) is 0 Å². The molecule has 2 fully saturated rings. The van der Waals surface area contributed by atoms with E-state index in [1.165, 1.54) is 0 Å². The van der Waals surface area contributed by atoms with Crippen molar-refractivity contribution in [1.29, 1.82) is 0 Å². The van der Waals surface area contributed by atoms with E-state index < -0.39 is 5.41 Å². The van der Waals surface area contributed by atoms with Crippen LogP contribution >= 0.6 is 0 Å². The Morgan fingerprint density at radius 1 is 1.11 bits per heavy atom. The Balaban J connectivity index is 1.63. The van der Waals surface area contributed by atoms with Crippen molar-refractivity contribution in [3.8, 4) is 0 Å². The summed E-state index contributed by atoms with van der Waals surface area (Å²) in [4.78, 5) is 32.3. The normalized spacial score (nSPS) is 22.1. The topological polar surface area (TPSA) is 43.9 Å². The summed E-state index contributed by atoms with van der Waals surface area (Å²) in [6.45, 7) is 9.16. The summed E-state index contributed by atoms with van der Waals surface area (Å²) in [6.07, 6.45) is 3.87. The molecule has 0 N–H and O–H groups in total. The first-order valence-corrected chi connectivity index (χ1v) is 10.4. The number of anilines is 1. The molecular weight excluding hydrogens is 338 g/mol. The molecule has 1 spiro atoms. The van der Waals surface area contributed by atoms with Crippen molar-refractivity contribution in [3.05, 3.63) is 29.3 Å². The summed E-state index contributed by atoms with van der Waals surface area (Å²) in [6, 6.07) is 5.90. The van der Waals surface area contributed by atoms with E-state index in [-0.39, 0.29) is 11.8 Å². The van der Waals surface area contributed by atoms with E-state index in [4.69, 9.17) is 0 Å². The van der Waals surface area contributed by atoms with E-state index in [2.05, 4.69) is 18.7 Å². The number of benzene rings is 1. The number of amides is 2. The highest BCUT2D eigenvalue weighted by Gasteiger charge is 2.51. The number of rotatable bonds is 3. The van der Waals surface area contributed by atoms with Gasteiger partial charge < -0.3 is 14.7 Å². The molecule has 5 nitrogen and oxygen atoms in total. The minimum Gasteiger partial charge on any atom is -0.339 e. The molecule has 0 atom stereocenters. The number of hydrogen-bond donors (Lipinski definition) is 0. The minimum atomic E-state index is -0.446. The molecule has 0 aromatic heterocycles. The molecule has 2 amide bonds. The molecule has 0 aliphatic carbocycles. The van der Waals surface area contributed by atoms with Crippen LogP contribution in [0.5, 0.6) is 0 Å². The van der Waals surface area contributed by atoms with Crippen LogP contribution in [0, 0.1) is 5.92 Å². The van der Waals surface area contributed by atoms with E-state index in [1.54, 1.807) is 4.90 Å². The Morgan fingerprint density at radius 3 is 2.41 bits per heavy atom. The van der Waals surface area contributed by atoms with Gasteiger partial charge in [0.25, 0.3) is 5.91 Å². The maximum absolute atomic E-state index is 13.2. The van der Waals surface area contributed by atoms with Gasteiger partial charge in [-0.05, 0) is 68.5 Å². The lowest BCUT2D eigenvalue weighted by Crippen LogP contribution is -2.48. The van der Waals surface area contributed by atoms with Crippen molar-refractivity contribution in [2.24, 2.45) is 5.92 Å². The van der Waals surface area contributed by atoms with E-state index in [1.807, 2.05) is 30.1 Å². The predicted molar refractivity (Wildman–Crippen MR) is 107 cm³/mol. The Morgan fingerprint density at radius 2 is 1.78 bits per heavy atom. The smallest absolute Gasteiger partial charge is 0.253 e. The number of carbonyl (C=O) groups excluding carboxylic acids is 2. The summed E-state index contributed by atoms with van der Waals surface area (Å²) in [7, 11) is 1.87. The molecule has 0 bridgehead atoms. The lowest BCUT2D eigenvalue weighted by atomic mass is 9.73. The number of nitrogens with zero attached hydrogens (tertiary/aromatic N) is 3. The molecule has 0 saturated carbocycles. The van der Waals surface area contributed by atoms with Crippen LogP contribution in [0.15, 0.2) is 18.2 Å². The molecule has 3 heterocycles. The Hall–Kier alpha value is -1.88. The van der Waals surface area contributed by atoms with Crippen molar-refractivity contribution in [2.45, 2.75) is 44.9 Å². The van der Waals surface area contributed by atoms with Gasteiger partial charge in [-0.15, -0.1) is 0 Å². The Kier molecular flexibility index (Phi) is 4.75. The van der Waals surface area contributed by atoms with E-state index >= 15 is 0 Å². The first-order valence-electron chi connectivity index (χ1n) is 10.4. The van der Waals surface area contributed by atoms with Gasteiger partial charge in [-0.25, -0.2) is 0 Å². The van der Waals surface area contributed by atoms with Gasteiger partial charge in [0, 0.05) is 37.9 Å². The molecule has 5 heteroatoms. The summed E-state index contributed by atoms with van der Waals surface area (Å²) < 4.78 is 0. The third-order valence-corrected chi connectivity index (χ3v) is 6.56. The monoisotopic (exact) mass is 369 g/mol. The number of carbonyl (C=O) groups is 2. The largest absolute Gasteiger partial charge is 0.339 e. The summed E-state index contributed by atoms with van der Waals surface area (Å²) in [5, 5.41) is 0. The molecule has 1 aromatic rings. The third kappa shape index (κ3) is 3.06. The Bertz CT molecular complexity index is 744. The second-order valence-corrected chi connectivity index (χ2v) is 8.87. The highest BCUT2D eigenvalue weighted by atomic mass is 16.2. The molecule has 0 radical (unpaired) electrons. The van der Waals surface area contributed by atoms with Crippen molar-refractivity contribution in [2.75, 3.05) is 44.7 Å². The highest BCUT2D eigenvalue weighted by Crippen LogP contribution is 2.47. The molecule has 27 heavy (non-hydrogen) atoms. The van der Waals surface area contributed by atoms with Gasteiger partial charge in [0.2, 0.25) is 5.91 Å². The molecule has 4 rings (SSSR count). The lowest BCUT2D eigenvalue weighted by molar-refractivity contribution is -0.124. The molecule has 0 unspecified atom stereocenters. The number of fused-ring (bicyclic) bond motifs is 2. The van der Waals surface area contributed by atoms with Crippen LogP contribution < -0.4 is 4.90 Å². The summed E-state index contributed by atoms with van der Waals surface area (Å²) in [5.41, 5.74) is 2.35. The molecule has 1 aromatic carbocycles. The zero-order chi connectivity index (χ0) is 19.2. The summed E-state index contributed by atoms with van der Waals surface area (Å²) >= 11 is 0. The van der Waals surface area contributed by atoms with Crippen molar-refractivity contribution in [1.82, 2.24) is 9.80 Å². The van der Waals surface area contributed by atoms with Crippen molar-refractivity contribution in [3.63, 3.8) is 0 Å². The SMILES string of the molecule is CC(C)CN1CCC2(CC1)C(=O)N(C)c1ccc(C(=O)N3CCCC3)cc12. The predicted octanol–water partition coefficient (Wildman–Crippen LogP) is 2.89. The van der Waals surface area contributed by atoms with Gasteiger partial charge in [0.1, 0.15) is 0 Å². The number of hydrogen-bond acceptors (Lipinski definition) is 3. The maximum Gasteiger partial charge on any atom is 0.253 e. The van der Waals surface area contributed by atoms with E-state index in [0.717, 1.165) is 75.2 Å². The number of likely N-dealkylation sites (tertiary alicyclic amines) is 2. The van der Waals surface area contributed by atoms with Crippen LogP contribution in [0.4, 0.5) is 5.69 Å². The Labute approximate surface area is 162 Å². The molecule has 3 aliphatic rings. The fraction of sp³-hybridized carbons (Fsp3) is 0.636. The van der Waals surface area contributed by atoms with E-state index in [0.29, 0.717) is 5.92 Å². The fourth-order valence-electron chi connectivity index (χ4n) is 5.11. The molecule has 3 aliphatic heterocycles. The quantitative estimate of drug-likeness (QED) is 0.823.